The first-order valence-corrected chi connectivity index (χ1v) is 6.54. The maximum absolute atomic E-state index is 11.7. The molecule has 0 saturated carbocycles. The summed E-state index contributed by atoms with van der Waals surface area (Å²) in [7, 11) is 1.35. The molecule has 0 amide bonds. The number of anilines is 1. The SMILES string of the molecule is COC(=O)C1COCCN1c1ncc(Br)cc1Cl. The molecule has 2 rings (SSSR count). The molecule has 0 bridgehead atoms. The van der Waals surface area contributed by atoms with Crippen molar-refractivity contribution in [3.63, 3.8) is 0 Å². The second-order valence-electron chi connectivity index (χ2n) is 3.77. The molecule has 1 unspecified atom stereocenters. The second kappa shape index (κ2) is 5.86. The van der Waals surface area contributed by atoms with Crippen LogP contribution in [-0.4, -0.2) is 43.9 Å². The van der Waals surface area contributed by atoms with Gasteiger partial charge in [0.15, 0.2) is 6.04 Å². The molecule has 5 nitrogen and oxygen atoms in total. The highest BCUT2D eigenvalue weighted by Gasteiger charge is 2.32. The summed E-state index contributed by atoms with van der Waals surface area (Å²) in [5.74, 6) is 0.217. The van der Waals surface area contributed by atoms with Crippen LogP contribution in [0.1, 0.15) is 0 Å². The lowest BCUT2D eigenvalue weighted by atomic mass is 10.2. The third-order valence-electron chi connectivity index (χ3n) is 2.66. The predicted octanol–water partition coefficient (Wildman–Crippen LogP) is 1.88. The zero-order valence-electron chi connectivity index (χ0n) is 9.73. The van der Waals surface area contributed by atoms with Crippen LogP contribution in [0.4, 0.5) is 5.82 Å². The summed E-state index contributed by atoms with van der Waals surface area (Å²) in [6.45, 7) is 1.36. The van der Waals surface area contributed by atoms with Gasteiger partial charge in [-0.3, -0.25) is 0 Å². The Morgan fingerprint density at radius 3 is 3.17 bits per heavy atom. The van der Waals surface area contributed by atoms with Crippen LogP contribution in [0.2, 0.25) is 5.02 Å². The Bertz CT molecular complexity index is 458. The molecular formula is C11H12BrClN2O3. The third-order valence-corrected chi connectivity index (χ3v) is 3.37. The summed E-state index contributed by atoms with van der Waals surface area (Å²) in [5.41, 5.74) is 0. The van der Waals surface area contributed by atoms with Crippen LogP contribution >= 0.6 is 27.5 Å². The van der Waals surface area contributed by atoms with E-state index < -0.39 is 6.04 Å². The number of methoxy groups -OCH3 is 1. The minimum Gasteiger partial charge on any atom is -0.467 e. The molecule has 1 atom stereocenters. The van der Waals surface area contributed by atoms with E-state index in [-0.39, 0.29) is 12.6 Å². The number of nitrogens with zero attached hydrogens (tertiary/aromatic N) is 2. The molecule has 0 spiro atoms. The van der Waals surface area contributed by atoms with Crippen molar-refractivity contribution in [1.82, 2.24) is 4.98 Å². The minimum atomic E-state index is -0.505. The van der Waals surface area contributed by atoms with E-state index in [4.69, 9.17) is 21.1 Å². The summed E-state index contributed by atoms with van der Waals surface area (Å²) >= 11 is 9.45. The summed E-state index contributed by atoms with van der Waals surface area (Å²) in [6.07, 6.45) is 1.64. The fraction of sp³-hybridized carbons (Fsp3) is 0.455. The Morgan fingerprint density at radius 1 is 1.72 bits per heavy atom. The van der Waals surface area contributed by atoms with Crippen LogP contribution in [0.15, 0.2) is 16.7 Å². The van der Waals surface area contributed by atoms with E-state index in [0.29, 0.717) is 24.0 Å². The van der Waals surface area contributed by atoms with Crippen molar-refractivity contribution in [2.45, 2.75) is 6.04 Å². The number of hydrogen-bond acceptors (Lipinski definition) is 5. The van der Waals surface area contributed by atoms with Crippen LogP contribution in [0.5, 0.6) is 0 Å². The van der Waals surface area contributed by atoms with Gasteiger partial charge in [0.2, 0.25) is 0 Å². The van der Waals surface area contributed by atoms with E-state index >= 15 is 0 Å². The fourth-order valence-electron chi connectivity index (χ4n) is 1.81. The van der Waals surface area contributed by atoms with Gasteiger partial charge < -0.3 is 14.4 Å². The first kappa shape index (κ1) is 13.6. The molecular weight excluding hydrogens is 323 g/mol. The average molecular weight is 336 g/mol. The highest BCUT2D eigenvalue weighted by Crippen LogP contribution is 2.28. The third kappa shape index (κ3) is 2.76. The Kier molecular flexibility index (Phi) is 4.42. The van der Waals surface area contributed by atoms with Crippen LogP contribution in [0, 0.1) is 0 Å². The van der Waals surface area contributed by atoms with Gasteiger partial charge in [0.1, 0.15) is 5.82 Å². The highest BCUT2D eigenvalue weighted by molar-refractivity contribution is 9.10. The van der Waals surface area contributed by atoms with Gasteiger partial charge in [0.25, 0.3) is 0 Å². The lowest BCUT2D eigenvalue weighted by Crippen LogP contribution is -2.51. The van der Waals surface area contributed by atoms with Gasteiger partial charge in [-0.1, -0.05) is 11.6 Å². The molecule has 1 fully saturated rings. The Hall–Kier alpha value is -0.850. The van der Waals surface area contributed by atoms with E-state index in [1.54, 1.807) is 12.3 Å². The van der Waals surface area contributed by atoms with Gasteiger partial charge >= 0.3 is 5.97 Å². The van der Waals surface area contributed by atoms with E-state index in [2.05, 4.69) is 20.9 Å². The number of pyridine rings is 1. The maximum Gasteiger partial charge on any atom is 0.330 e. The highest BCUT2D eigenvalue weighted by atomic mass is 79.9. The quantitative estimate of drug-likeness (QED) is 0.772. The molecule has 0 N–H and O–H groups in total. The number of esters is 1. The Labute approximate surface area is 118 Å². The van der Waals surface area contributed by atoms with Crippen molar-refractivity contribution in [1.29, 1.82) is 0 Å². The number of carbonyl (C=O) groups is 1. The molecule has 1 aromatic rings. The van der Waals surface area contributed by atoms with Crippen LogP contribution in [-0.2, 0) is 14.3 Å². The summed E-state index contributed by atoms with van der Waals surface area (Å²) in [6, 6.07) is 1.24. The number of rotatable bonds is 2. The average Bonchev–Trinajstić information content (AvgIpc) is 2.38. The zero-order chi connectivity index (χ0) is 13.1. The molecule has 0 radical (unpaired) electrons. The molecule has 1 aliphatic rings. The summed E-state index contributed by atoms with van der Waals surface area (Å²) in [4.78, 5) is 17.8. The van der Waals surface area contributed by atoms with Gasteiger partial charge in [-0.15, -0.1) is 0 Å². The first-order valence-electron chi connectivity index (χ1n) is 5.36. The molecule has 18 heavy (non-hydrogen) atoms. The van der Waals surface area contributed by atoms with Crippen molar-refractivity contribution < 1.29 is 14.3 Å². The molecule has 98 valence electrons. The number of ether oxygens (including phenoxy) is 2. The lowest BCUT2D eigenvalue weighted by molar-refractivity contribution is -0.144. The van der Waals surface area contributed by atoms with Crippen molar-refractivity contribution >= 4 is 39.3 Å². The van der Waals surface area contributed by atoms with E-state index in [1.807, 2.05) is 4.90 Å². The number of hydrogen-bond donors (Lipinski definition) is 0. The van der Waals surface area contributed by atoms with Crippen molar-refractivity contribution in [2.24, 2.45) is 0 Å². The predicted molar refractivity (Wildman–Crippen MR) is 70.9 cm³/mol. The number of halogens is 2. The van der Waals surface area contributed by atoms with Gasteiger partial charge in [-0.05, 0) is 22.0 Å². The van der Waals surface area contributed by atoms with Gasteiger partial charge in [0.05, 0.1) is 25.3 Å². The number of morpholine rings is 1. The standard InChI is InChI=1S/C11H12BrClN2O3/c1-17-11(16)9-6-18-3-2-15(9)10-8(13)4-7(12)5-14-10/h4-5,9H,2-3,6H2,1H3. The van der Waals surface area contributed by atoms with E-state index in [1.165, 1.54) is 7.11 Å². The molecule has 1 saturated heterocycles. The molecule has 2 heterocycles. The monoisotopic (exact) mass is 334 g/mol. The number of carbonyl (C=O) groups excluding carboxylic acids is 1. The molecule has 0 aliphatic carbocycles. The largest absolute Gasteiger partial charge is 0.467 e. The summed E-state index contributed by atoms with van der Waals surface area (Å²) < 4.78 is 10.9. The van der Waals surface area contributed by atoms with Crippen molar-refractivity contribution in [2.75, 3.05) is 31.8 Å². The van der Waals surface area contributed by atoms with Crippen LogP contribution < -0.4 is 4.90 Å². The second-order valence-corrected chi connectivity index (χ2v) is 5.09. The van der Waals surface area contributed by atoms with Crippen LogP contribution in [0.3, 0.4) is 0 Å². The maximum atomic E-state index is 11.7. The summed E-state index contributed by atoms with van der Waals surface area (Å²) in [5, 5.41) is 0.486. The molecule has 7 heteroatoms. The zero-order valence-corrected chi connectivity index (χ0v) is 12.1. The Balaban J connectivity index is 2.30. The van der Waals surface area contributed by atoms with Gasteiger partial charge in [-0.2, -0.15) is 0 Å². The lowest BCUT2D eigenvalue weighted by Gasteiger charge is -2.34. The van der Waals surface area contributed by atoms with Crippen LogP contribution in [0.25, 0.3) is 0 Å². The first-order chi connectivity index (χ1) is 8.63. The fourth-order valence-corrected chi connectivity index (χ4v) is 2.55. The van der Waals surface area contributed by atoms with Crippen molar-refractivity contribution in [3.8, 4) is 0 Å². The normalized spacial score (nSPS) is 19.7. The Morgan fingerprint density at radius 2 is 2.50 bits per heavy atom. The van der Waals surface area contributed by atoms with E-state index in [9.17, 15) is 4.79 Å². The topological polar surface area (TPSA) is 51.7 Å². The molecule has 1 aromatic heterocycles. The van der Waals surface area contributed by atoms with Gasteiger partial charge in [-0.25, -0.2) is 9.78 Å². The van der Waals surface area contributed by atoms with Gasteiger partial charge in [0, 0.05) is 17.2 Å². The molecule has 1 aliphatic heterocycles. The van der Waals surface area contributed by atoms with Crippen molar-refractivity contribution in [3.05, 3.63) is 21.8 Å². The number of aromatic nitrogens is 1. The molecule has 0 aromatic carbocycles. The minimum absolute atomic E-state index is 0.279. The van der Waals surface area contributed by atoms with E-state index in [0.717, 1.165) is 4.47 Å². The smallest absolute Gasteiger partial charge is 0.330 e.